The third-order valence-electron chi connectivity index (χ3n) is 2.74. The molecule has 0 bridgehead atoms. The highest BCUT2D eigenvalue weighted by Crippen LogP contribution is 2.24. The molecule has 0 spiro atoms. The normalized spacial score (nSPS) is 11.6. The molecular formula is C12H19ClN2. The Morgan fingerprint density at radius 2 is 2.00 bits per heavy atom. The Morgan fingerprint density at radius 3 is 2.47 bits per heavy atom. The zero-order chi connectivity index (χ0) is 11.6. The van der Waals surface area contributed by atoms with Crippen LogP contribution in [0.1, 0.15) is 25.0 Å². The highest BCUT2D eigenvalue weighted by Gasteiger charge is 2.24. The molecule has 0 amide bonds. The van der Waals surface area contributed by atoms with Crippen LogP contribution in [0, 0.1) is 13.8 Å². The van der Waals surface area contributed by atoms with Gasteiger partial charge in [0.25, 0.3) is 0 Å². The van der Waals surface area contributed by atoms with Crippen LogP contribution in [0.5, 0.6) is 0 Å². The number of alkyl halides is 1. The summed E-state index contributed by atoms with van der Waals surface area (Å²) < 4.78 is 0. The van der Waals surface area contributed by atoms with E-state index in [1.165, 1.54) is 11.1 Å². The van der Waals surface area contributed by atoms with Gasteiger partial charge in [0.05, 0.1) is 0 Å². The Balaban J connectivity index is 3.06. The van der Waals surface area contributed by atoms with E-state index in [4.69, 9.17) is 11.6 Å². The number of hydrogen-bond donors (Lipinski definition) is 0. The highest BCUT2D eigenvalue weighted by molar-refractivity contribution is 6.18. The second kappa shape index (κ2) is 4.40. The van der Waals surface area contributed by atoms with E-state index in [2.05, 4.69) is 43.6 Å². The van der Waals surface area contributed by atoms with Crippen molar-refractivity contribution in [1.82, 2.24) is 4.98 Å². The zero-order valence-electron chi connectivity index (χ0n) is 10.1. The lowest BCUT2D eigenvalue weighted by molar-refractivity contribution is 0.539. The lowest BCUT2D eigenvalue weighted by Gasteiger charge is -2.35. The summed E-state index contributed by atoms with van der Waals surface area (Å²) in [6, 6.07) is 2.14. The molecule has 0 aliphatic rings. The standard InChI is InChI=1S/C12H19ClN2/c1-9-6-10(2)11(14-7-9)15(5)12(3,4)8-13/h6-7H,8H2,1-5H3. The fourth-order valence-electron chi connectivity index (χ4n) is 1.44. The number of aryl methyl sites for hydroxylation is 2. The summed E-state index contributed by atoms with van der Waals surface area (Å²) in [4.78, 5) is 6.59. The van der Waals surface area contributed by atoms with Crippen LogP contribution in [0.3, 0.4) is 0 Å². The first-order valence-corrected chi connectivity index (χ1v) is 5.65. The van der Waals surface area contributed by atoms with Crippen LogP contribution >= 0.6 is 11.6 Å². The van der Waals surface area contributed by atoms with Gasteiger partial charge in [0.15, 0.2) is 0 Å². The Bertz CT molecular complexity index is 347. The van der Waals surface area contributed by atoms with Crippen molar-refractivity contribution >= 4 is 17.4 Å². The Labute approximate surface area is 97.3 Å². The van der Waals surface area contributed by atoms with E-state index >= 15 is 0 Å². The van der Waals surface area contributed by atoms with E-state index in [0.29, 0.717) is 5.88 Å². The minimum atomic E-state index is -0.0748. The van der Waals surface area contributed by atoms with Crippen molar-refractivity contribution in [2.75, 3.05) is 17.8 Å². The van der Waals surface area contributed by atoms with Crippen LogP contribution in [0.4, 0.5) is 5.82 Å². The van der Waals surface area contributed by atoms with Crippen molar-refractivity contribution < 1.29 is 0 Å². The summed E-state index contributed by atoms with van der Waals surface area (Å²) in [6.45, 7) is 8.36. The Kier molecular flexibility index (Phi) is 3.61. The largest absolute Gasteiger partial charge is 0.353 e. The molecule has 0 aliphatic heterocycles. The molecule has 0 aliphatic carbocycles. The van der Waals surface area contributed by atoms with Gasteiger partial charge in [-0.2, -0.15) is 0 Å². The number of aromatic nitrogens is 1. The lowest BCUT2D eigenvalue weighted by Crippen LogP contribution is -2.43. The summed E-state index contributed by atoms with van der Waals surface area (Å²) >= 11 is 5.95. The third-order valence-corrected chi connectivity index (χ3v) is 3.39. The molecule has 0 aromatic carbocycles. The molecule has 0 radical (unpaired) electrons. The topological polar surface area (TPSA) is 16.1 Å². The summed E-state index contributed by atoms with van der Waals surface area (Å²) in [6.07, 6.45) is 1.89. The number of hydrogen-bond acceptors (Lipinski definition) is 2. The molecule has 1 rings (SSSR count). The average Bonchev–Trinajstić information content (AvgIpc) is 2.17. The van der Waals surface area contributed by atoms with Gasteiger partial charge in [0.2, 0.25) is 0 Å². The van der Waals surface area contributed by atoms with E-state index in [9.17, 15) is 0 Å². The van der Waals surface area contributed by atoms with E-state index < -0.39 is 0 Å². The summed E-state index contributed by atoms with van der Waals surface area (Å²) in [7, 11) is 2.03. The summed E-state index contributed by atoms with van der Waals surface area (Å²) in [5.41, 5.74) is 2.30. The SMILES string of the molecule is Cc1cnc(N(C)C(C)(C)CCl)c(C)c1. The van der Waals surface area contributed by atoms with Crippen LogP contribution < -0.4 is 4.90 Å². The third kappa shape index (κ3) is 2.63. The Morgan fingerprint density at radius 1 is 1.40 bits per heavy atom. The van der Waals surface area contributed by atoms with Crippen molar-refractivity contribution in [3.63, 3.8) is 0 Å². The quantitative estimate of drug-likeness (QED) is 0.737. The van der Waals surface area contributed by atoms with Crippen LogP contribution in [-0.2, 0) is 0 Å². The van der Waals surface area contributed by atoms with Crippen molar-refractivity contribution in [2.24, 2.45) is 0 Å². The molecule has 84 valence electrons. The van der Waals surface area contributed by atoms with E-state index in [0.717, 1.165) is 5.82 Å². The predicted molar refractivity (Wildman–Crippen MR) is 66.9 cm³/mol. The van der Waals surface area contributed by atoms with Gasteiger partial charge in [-0.05, 0) is 38.8 Å². The minimum Gasteiger partial charge on any atom is -0.353 e. The fourth-order valence-corrected chi connectivity index (χ4v) is 1.61. The maximum atomic E-state index is 5.95. The van der Waals surface area contributed by atoms with Crippen LogP contribution in [0.2, 0.25) is 0 Å². The van der Waals surface area contributed by atoms with Crippen LogP contribution in [-0.4, -0.2) is 23.5 Å². The van der Waals surface area contributed by atoms with E-state index in [1.54, 1.807) is 0 Å². The number of halogens is 1. The van der Waals surface area contributed by atoms with Gasteiger partial charge in [-0.1, -0.05) is 6.07 Å². The molecular weight excluding hydrogens is 208 g/mol. The molecule has 0 saturated heterocycles. The van der Waals surface area contributed by atoms with E-state index in [1.807, 2.05) is 13.2 Å². The van der Waals surface area contributed by atoms with Gasteiger partial charge in [0.1, 0.15) is 5.82 Å². The maximum Gasteiger partial charge on any atom is 0.131 e. The molecule has 15 heavy (non-hydrogen) atoms. The molecule has 3 heteroatoms. The summed E-state index contributed by atoms with van der Waals surface area (Å²) in [5, 5.41) is 0. The lowest BCUT2D eigenvalue weighted by atomic mass is 10.1. The van der Waals surface area contributed by atoms with Crippen LogP contribution in [0.25, 0.3) is 0 Å². The predicted octanol–water partition coefficient (Wildman–Crippen LogP) is 3.15. The first kappa shape index (κ1) is 12.3. The molecule has 1 heterocycles. The number of nitrogens with zero attached hydrogens (tertiary/aromatic N) is 2. The first-order chi connectivity index (χ1) is 6.88. The molecule has 0 saturated carbocycles. The minimum absolute atomic E-state index is 0.0748. The molecule has 0 atom stereocenters. The maximum absolute atomic E-state index is 5.95. The summed E-state index contributed by atoms with van der Waals surface area (Å²) in [5.74, 6) is 1.59. The van der Waals surface area contributed by atoms with Crippen molar-refractivity contribution in [3.8, 4) is 0 Å². The van der Waals surface area contributed by atoms with Crippen molar-refractivity contribution in [2.45, 2.75) is 33.2 Å². The average molecular weight is 227 g/mol. The van der Waals surface area contributed by atoms with Crippen LogP contribution in [0.15, 0.2) is 12.3 Å². The van der Waals surface area contributed by atoms with Gasteiger partial charge in [-0.15, -0.1) is 11.6 Å². The molecule has 1 aromatic rings. The number of rotatable bonds is 3. The van der Waals surface area contributed by atoms with Gasteiger partial charge in [-0.25, -0.2) is 4.98 Å². The number of pyridine rings is 1. The zero-order valence-corrected chi connectivity index (χ0v) is 10.9. The second-order valence-corrected chi connectivity index (χ2v) is 4.93. The monoisotopic (exact) mass is 226 g/mol. The fraction of sp³-hybridized carbons (Fsp3) is 0.583. The number of anilines is 1. The Hall–Kier alpha value is -0.760. The van der Waals surface area contributed by atoms with Gasteiger partial charge in [0, 0.05) is 24.7 Å². The molecule has 1 aromatic heterocycles. The highest BCUT2D eigenvalue weighted by atomic mass is 35.5. The van der Waals surface area contributed by atoms with Gasteiger partial charge < -0.3 is 4.90 Å². The van der Waals surface area contributed by atoms with E-state index in [-0.39, 0.29) is 5.54 Å². The molecule has 2 nitrogen and oxygen atoms in total. The van der Waals surface area contributed by atoms with Crippen molar-refractivity contribution in [1.29, 1.82) is 0 Å². The smallest absolute Gasteiger partial charge is 0.131 e. The molecule has 0 N–H and O–H groups in total. The van der Waals surface area contributed by atoms with Gasteiger partial charge in [-0.3, -0.25) is 0 Å². The van der Waals surface area contributed by atoms with Crippen molar-refractivity contribution in [3.05, 3.63) is 23.4 Å². The second-order valence-electron chi connectivity index (χ2n) is 4.66. The molecule has 0 fully saturated rings. The molecule has 0 unspecified atom stereocenters. The first-order valence-electron chi connectivity index (χ1n) is 5.11. The van der Waals surface area contributed by atoms with Gasteiger partial charge >= 0.3 is 0 Å².